The van der Waals surface area contributed by atoms with Crippen LogP contribution in [0.3, 0.4) is 0 Å². The SMILES string of the molecule is CN(C(=O)c1ccsc1)[C@H]1CNC[C@@H]1O. The van der Waals surface area contributed by atoms with E-state index in [1.807, 2.05) is 10.8 Å². The Morgan fingerprint density at radius 1 is 1.67 bits per heavy atom. The highest BCUT2D eigenvalue weighted by Gasteiger charge is 2.31. The predicted molar refractivity (Wildman–Crippen MR) is 59.1 cm³/mol. The minimum Gasteiger partial charge on any atom is -0.390 e. The van der Waals surface area contributed by atoms with Gasteiger partial charge in [0.2, 0.25) is 0 Å². The van der Waals surface area contributed by atoms with E-state index in [2.05, 4.69) is 5.32 Å². The van der Waals surface area contributed by atoms with E-state index in [-0.39, 0.29) is 11.9 Å². The number of amides is 1. The molecule has 0 bridgehead atoms. The number of hydrogen-bond donors (Lipinski definition) is 2. The van der Waals surface area contributed by atoms with Crippen molar-refractivity contribution in [2.75, 3.05) is 20.1 Å². The average molecular weight is 226 g/mol. The molecule has 1 aliphatic rings. The molecule has 82 valence electrons. The highest BCUT2D eigenvalue weighted by molar-refractivity contribution is 7.08. The third-order valence-corrected chi connectivity index (χ3v) is 3.42. The normalized spacial score (nSPS) is 25.5. The predicted octanol–water partition coefficient (Wildman–Crippen LogP) is 0.153. The van der Waals surface area contributed by atoms with Crippen molar-refractivity contribution in [3.8, 4) is 0 Å². The fraction of sp³-hybridized carbons (Fsp3) is 0.500. The molecular formula is C10H14N2O2S. The van der Waals surface area contributed by atoms with Crippen LogP contribution in [-0.4, -0.2) is 48.2 Å². The average Bonchev–Trinajstić information content (AvgIpc) is 2.85. The molecule has 1 aromatic heterocycles. The number of nitrogens with zero attached hydrogens (tertiary/aromatic N) is 1. The van der Waals surface area contributed by atoms with E-state index in [1.165, 1.54) is 11.3 Å². The Labute approximate surface area is 92.5 Å². The Morgan fingerprint density at radius 2 is 2.47 bits per heavy atom. The van der Waals surface area contributed by atoms with Crippen molar-refractivity contribution in [2.45, 2.75) is 12.1 Å². The van der Waals surface area contributed by atoms with Gasteiger partial charge in [-0.1, -0.05) is 0 Å². The Balaban J connectivity index is 2.07. The zero-order chi connectivity index (χ0) is 10.8. The summed E-state index contributed by atoms with van der Waals surface area (Å²) in [6.45, 7) is 1.22. The zero-order valence-electron chi connectivity index (χ0n) is 8.51. The summed E-state index contributed by atoms with van der Waals surface area (Å²) in [6.07, 6.45) is -0.461. The van der Waals surface area contributed by atoms with Crippen LogP contribution in [0.15, 0.2) is 16.8 Å². The lowest BCUT2D eigenvalue weighted by molar-refractivity contribution is 0.0581. The number of thiophene rings is 1. The first-order chi connectivity index (χ1) is 7.20. The Morgan fingerprint density at radius 3 is 3.00 bits per heavy atom. The molecule has 1 aromatic rings. The second-order valence-corrected chi connectivity index (χ2v) is 4.50. The number of carbonyl (C=O) groups is 1. The first kappa shape index (κ1) is 10.6. The van der Waals surface area contributed by atoms with Crippen LogP contribution in [0, 0.1) is 0 Å². The second-order valence-electron chi connectivity index (χ2n) is 3.72. The van der Waals surface area contributed by atoms with E-state index in [1.54, 1.807) is 18.0 Å². The number of β-amino-alcohol motifs (C(OH)–C–C–N with tert-alkyl or cyclic N) is 1. The van der Waals surface area contributed by atoms with E-state index in [0.717, 1.165) is 0 Å². The molecule has 1 fully saturated rings. The molecule has 0 radical (unpaired) electrons. The maximum atomic E-state index is 11.9. The number of hydrogen-bond acceptors (Lipinski definition) is 4. The van der Waals surface area contributed by atoms with Gasteiger partial charge in [-0.3, -0.25) is 4.79 Å². The lowest BCUT2D eigenvalue weighted by Crippen LogP contribution is -2.44. The molecule has 0 aromatic carbocycles. The molecule has 2 rings (SSSR count). The van der Waals surface area contributed by atoms with Crippen molar-refractivity contribution in [3.05, 3.63) is 22.4 Å². The van der Waals surface area contributed by atoms with Crippen LogP contribution in [0.1, 0.15) is 10.4 Å². The van der Waals surface area contributed by atoms with Crippen molar-refractivity contribution in [3.63, 3.8) is 0 Å². The Kier molecular flexibility index (Phi) is 3.04. The molecule has 0 saturated carbocycles. The summed E-state index contributed by atoms with van der Waals surface area (Å²) in [6, 6.07) is 1.69. The number of likely N-dealkylation sites (N-methyl/N-ethyl adjacent to an activating group) is 1. The molecule has 2 heterocycles. The number of rotatable bonds is 2. The van der Waals surface area contributed by atoms with E-state index in [4.69, 9.17) is 0 Å². The molecule has 5 heteroatoms. The molecule has 1 amide bonds. The third-order valence-electron chi connectivity index (χ3n) is 2.74. The number of aliphatic hydroxyl groups excluding tert-OH is 1. The minimum atomic E-state index is -0.461. The van der Waals surface area contributed by atoms with Gasteiger partial charge in [0.15, 0.2) is 0 Å². The number of aliphatic hydroxyl groups is 1. The molecular weight excluding hydrogens is 212 g/mol. The summed E-state index contributed by atoms with van der Waals surface area (Å²) >= 11 is 1.50. The van der Waals surface area contributed by atoms with Crippen molar-refractivity contribution in [2.24, 2.45) is 0 Å². The quantitative estimate of drug-likeness (QED) is 0.755. The highest BCUT2D eigenvalue weighted by Crippen LogP contribution is 2.14. The van der Waals surface area contributed by atoms with Gasteiger partial charge in [0, 0.05) is 25.5 Å². The second kappa shape index (κ2) is 4.30. The summed E-state index contributed by atoms with van der Waals surface area (Å²) in [5, 5.41) is 16.4. The lowest BCUT2D eigenvalue weighted by Gasteiger charge is -2.26. The zero-order valence-corrected chi connectivity index (χ0v) is 9.33. The van der Waals surface area contributed by atoms with Crippen LogP contribution in [0.4, 0.5) is 0 Å². The number of nitrogens with one attached hydrogen (secondary N) is 1. The minimum absolute atomic E-state index is 0.0241. The monoisotopic (exact) mass is 226 g/mol. The molecule has 2 N–H and O–H groups in total. The van der Waals surface area contributed by atoms with Gasteiger partial charge in [-0.15, -0.1) is 0 Å². The summed E-state index contributed by atoms with van der Waals surface area (Å²) in [5.41, 5.74) is 0.696. The first-order valence-corrected chi connectivity index (χ1v) is 5.82. The van der Waals surface area contributed by atoms with Gasteiger partial charge in [0.05, 0.1) is 17.7 Å². The first-order valence-electron chi connectivity index (χ1n) is 4.88. The van der Waals surface area contributed by atoms with E-state index < -0.39 is 6.10 Å². The summed E-state index contributed by atoms with van der Waals surface area (Å²) in [5.74, 6) is -0.0241. The van der Waals surface area contributed by atoms with Crippen LogP contribution in [0.2, 0.25) is 0 Å². The van der Waals surface area contributed by atoms with Crippen LogP contribution >= 0.6 is 11.3 Å². The largest absolute Gasteiger partial charge is 0.390 e. The molecule has 4 nitrogen and oxygen atoms in total. The van der Waals surface area contributed by atoms with Crippen molar-refractivity contribution in [1.29, 1.82) is 0 Å². The summed E-state index contributed by atoms with van der Waals surface area (Å²) in [7, 11) is 1.74. The molecule has 0 unspecified atom stereocenters. The van der Waals surface area contributed by atoms with Gasteiger partial charge in [0.1, 0.15) is 0 Å². The fourth-order valence-electron chi connectivity index (χ4n) is 1.79. The molecule has 0 aliphatic carbocycles. The van der Waals surface area contributed by atoms with E-state index in [0.29, 0.717) is 18.7 Å². The topological polar surface area (TPSA) is 52.6 Å². The molecule has 1 saturated heterocycles. The lowest BCUT2D eigenvalue weighted by atomic mass is 10.1. The van der Waals surface area contributed by atoms with Gasteiger partial charge >= 0.3 is 0 Å². The molecule has 0 spiro atoms. The van der Waals surface area contributed by atoms with E-state index >= 15 is 0 Å². The van der Waals surface area contributed by atoms with Gasteiger partial charge in [-0.05, 0) is 11.4 Å². The Bertz CT molecular complexity index is 339. The highest BCUT2D eigenvalue weighted by atomic mass is 32.1. The van der Waals surface area contributed by atoms with Gasteiger partial charge < -0.3 is 15.3 Å². The fourth-order valence-corrected chi connectivity index (χ4v) is 2.42. The van der Waals surface area contributed by atoms with Gasteiger partial charge in [-0.2, -0.15) is 11.3 Å². The smallest absolute Gasteiger partial charge is 0.254 e. The van der Waals surface area contributed by atoms with E-state index in [9.17, 15) is 9.90 Å². The molecule has 15 heavy (non-hydrogen) atoms. The maximum Gasteiger partial charge on any atom is 0.254 e. The molecule has 2 atom stereocenters. The maximum absolute atomic E-state index is 11.9. The van der Waals surface area contributed by atoms with Crippen LogP contribution in [0.5, 0.6) is 0 Å². The number of carbonyl (C=O) groups excluding carboxylic acids is 1. The molecule has 1 aliphatic heterocycles. The van der Waals surface area contributed by atoms with Gasteiger partial charge in [-0.25, -0.2) is 0 Å². The van der Waals surface area contributed by atoms with Crippen molar-refractivity contribution in [1.82, 2.24) is 10.2 Å². The summed E-state index contributed by atoms with van der Waals surface area (Å²) in [4.78, 5) is 13.5. The summed E-state index contributed by atoms with van der Waals surface area (Å²) < 4.78 is 0. The van der Waals surface area contributed by atoms with Crippen molar-refractivity contribution >= 4 is 17.2 Å². The van der Waals surface area contributed by atoms with Crippen molar-refractivity contribution < 1.29 is 9.90 Å². The Hall–Kier alpha value is -0.910. The van der Waals surface area contributed by atoms with Crippen LogP contribution < -0.4 is 5.32 Å². The van der Waals surface area contributed by atoms with Crippen LogP contribution in [0.25, 0.3) is 0 Å². The third kappa shape index (κ3) is 2.04. The standard InChI is InChI=1S/C10H14N2O2S/c1-12(8-4-11-5-9(8)13)10(14)7-2-3-15-6-7/h2-3,6,8-9,11,13H,4-5H2,1H3/t8-,9-/m0/s1. The van der Waals surface area contributed by atoms with Crippen LogP contribution in [-0.2, 0) is 0 Å². The van der Waals surface area contributed by atoms with Gasteiger partial charge in [0.25, 0.3) is 5.91 Å².